The molecule has 3 aromatic heterocycles. The molecule has 3 N–H and O–H groups in total. The van der Waals surface area contributed by atoms with Crippen molar-refractivity contribution in [3.63, 3.8) is 0 Å². The molecule has 1 fully saturated rings. The van der Waals surface area contributed by atoms with E-state index in [-0.39, 0.29) is 6.04 Å². The highest BCUT2D eigenvalue weighted by Crippen LogP contribution is 2.30. The van der Waals surface area contributed by atoms with Crippen molar-refractivity contribution < 1.29 is 9.53 Å². The minimum absolute atomic E-state index is 0.00460. The van der Waals surface area contributed by atoms with Crippen LogP contribution in [-0.4, -0.2) is 50.5 Å². The van der Waals surface area contributed by atoms with Crippen LogP contribution in [0.25, 0.3) is 33.8 Å². The number of piperidine rings is 1. The van der Waals surface area contributed by atoms with Crippen LogP contribution >= 0.6 is 0 Å². The van der Waals surface area contributed by atoms with Crippen molar-refractivity contribution in [2.24, 2.45) is 0 Å². The number of carbonyl (C=O) groups excluding carboxylic acids is 1. The molecule has 0 saturated carbocycles. The summed E-state index contributed by atoms with van der Waals surface area (Å²) in [6, 6.07) is 17.1. The molecule has 0 spiro atoms. The number of imidazole rings is 1. The number of alkyl carbamates (subject to hydrolysis) is 1. The maximum Gasteiger partial charge on any atom is 0.407 e. The van der Waals surface area contributed by atoms with Gasteiger partial charge >= 0.3 is 6.09 Å². The summed E-state index contributed by atoms with van der Waals surface area (Å²) in [6.45, 7) is 6.89. The second kappa shape index (κ2) is 10.0. The molecule has 0 atom stereocenters. The van der Waals surface area contributed by atoms with Crippen molar-refractivity contribution in [3.05, 3.63) is 60.3 Å². The number of nitrogen functional groups attached to an aromatic ring is 1. The molecule has 1 saturated heterocycles. The molecule has 0 unspecified atom stereocenters. The molecule has 5 rings (SSSR count). The molecule has 0 radical (unpaired) electrons. The highest BCUT2D eigenvalue weighted by molar-refractivity contribution is 5.83. The van der Waals surface area contributed by atoms with Crippen molar-refractivity contribution in [1.29, 1.82) is 5.26 Å². The van der Waals surface area contributed by atoms with E-state index in [1.807, 2.05) is 61.8 Å². The Bertz CT molecular complexity index is 1510. The second-order valence-corrected chi connectivity index (χ2v) is 10.3. The normalized spacial score (nSPS) is 14.3. The van der Waals surface area contributed by atoms with E-state index in [0.29, 0.717) is 35.9 Å². The molecule has 0 aliphatic carbocycles. The molecule has 1 aliphatic heterocycles. The van der Waals surface area contributed by atoms with Gasteiger partial charge < -0.3 is 20.8 Å². The van der Waals surface area contributed by atoms with Gasteiger partial charge in [0.25, 0.3) is 0 Å². The Morgan fingerprint density at radius 3 is 2.50 bits per heavy atom. The van der Waals surface area contributed by atoms with Gasteiger partial charge in [-0.15, -0.1) is 0 Å². The second-order valence-electron chi connectivity index (χ2n) is 10.3. The molecule has 1 amide bonds. The first-order valence-corrected chi connectivity index (χ1v) is 12.6. The fourth-order valence-electron chi connectivity index (χ4n) is 4.56. The van der Waals surface area contributed by atoms with Gasteiger partial charge in [-0.05, 0) is 70.0 Å². The van der Waals surface area contributed by atoms with E-state index in [1.165, 1.54) is 0 Å². The van der Waals surface area contributed by atoms with Crippen LogP contribution in [-0.2, 0) is 4.74 Å². The predicted molar refractivity (Wildman–Crippen MR) is 146 cm³/mol. The van der Waals surface area contributed by atoms with Crippen molar-refractivity contribution >= 4 is 23.1 Å². The van der Waals surface area contributed by atoms with Crippen LogP contribution in [0.15, 0.2) is 54.7 Å². The summed E-state index contributed by atoms with van der Waals surface area (Å²) < 4.78 is 7.44. The van der Waals surface area contributed by atoms with Gasteiger partial charge in [-0.3, -0.25) is 0 Å². The molecule has 4 heterocycles. The molecular formula is C28H30N8O2. The molecule has 10 nitrogen and oxygen atoms in total. The molecule has 1 aliphatic rings. The number of ether oxygens (including phenoxy) is 1. The number of nitrogens with zero attached hydrogens (tertiary/aromatic N) is 6. The molecule has 1 aromatic carbocycles. The van der Waals surface area contributed by atoms with Gasteiger partial charge in [-0.1, -0.05) is 12.1 Å². The molecule has 0 bridgehead atoms. The van der Waals surface area contributed by atoms with Crippen LogP contribution in [0.2, 0.25) is 0 Å². The first kappa shape index (κ1) is 25.0. The first-order valence-electron chi connectivity index (χ1n) is 12.6. The monoisotopic (exact) mass is 510 g/mol. The van der Waals surface area contributed by atoms with E-state index in [0.717, 1.165) is 35.2 Å². The standard InChI is InChI=1S/C28H30N8O2/c1-28(2,3)38-27(37)32-20-12-15-35(16-13-20)36-25(21-5-4-14-31-24(21)30)34-23-11-10-22(33-26(23)36)19-8-6-18(17-29)7-9-19/h4-11,14,20H,12-13,15-16H2,1-3H3,(H2,30,31)(H,32,37). The average molecular weight is 511 g/mol. The Morgan fingerprint density at radius 1 is 1.11 bits per heavy atom. The number of rotatable bonds is 4. The molecule has 10 heteroatoms. The maximum atomic E-state index is 12.3. The summed E-state index contributed by atoms with van der Waals surface area (Å²) in [7, 11) is 0. The minimum atomic E-state index is -0.544. The Labute approximate surface area is 221 Å². The van der Waals surface area contributed by atoms with E-state index in [4.69, 9.17) is 25.7 Å². The number of nitriles is 1. The van der Waals surface area contributed by atoms with Crippen LogP contribution in [0, 0.1) is 11.3 Å². The number of nitrogens with two attached hydrogens (primary N) is 1. The van der Waals surface area contributed by atoms with Crippen molar-refractivity contribution in [3.8, 4) is 28.7 Å². The third-order valence-electron chi connectivity index (χ3n) is 6.35. The molecule has 194 valence electrons. The highest BCUT2D eigenvalue weighted by Gasteiger charge is 2.27. The van der Waals surface area contributed by atoms with Crippen molar-refractivity contribution in [2.45, 2.75) is 45.3 Å². The van der Waals surface area contributed by atoms with E-state index in [9.17, 15) is 4.79 Å². The van der Waals surface area contributed by atoms with Crippen LogP contribution in [0.1, 0.15) is 39.2 Å². The summed E-state index contributed by atoms with van der Waals surface area (Å²) in [6.07, 6.45) is 2.72. The van der Waals surface area contributed by atoms with Gasteiger partial charge in [-0.2, -0.15) is 5.26 Å². The highest BCUT2D eigenvalue weighted by atomic mass is 16.6. The number of anilines is 1. The van der Waals surface area contributed by atoms with Crippen LogP contribution in [0.5, 0.6) is 0 Å². The third kappa shape index (κ3) is 5.22. The number of pyridine rings is 2. The molecule has 4 aromatic rings. The van der Waals surface area contributed by atoms with E-state index in [1.54, 1.807) is 18.3 Å². The number of hydrogen-bond acceptors (Lipinski definition) is 8. The van der Waals surface area contributed by atoms with Crippen LogP contribution in [0.3, 0.4) is 0 Å². The zero-order chi connectivity index (χ0) is 26.9. The zero-order valence-corrected chi connectivity index (χ0v) is 21.7. The fourth-order valence-corrected chi connectivity index (χ4v) is 4.56. The summed E-state index contributed by atoms with van der Waals surface area (Å²) in [5.74, 6) is 1.05. The Hall–Kier alpha value is -4.65. The van der Waals surface area contributed by atoms with Crippen molar-refractivity contribution in [2.75, 3.05) is 23.8 Å². The number of benzene rings is 1. The first-order chi connectivity index (χ1) is 18.2. The lowest BCUT2D eigenvalue weighted by atomic mass is 10.1. The Morgan fingerprint density at radius 2 is 1.84 bits per heavy atom. The lowest BCUT2D eigenvalue weighted by molar-refractivity contribution is 0.0495. The lowest BCUT2D eigenvalue weighted by Crippen LogP contribution is -2.49. The Balaban J connectivity index is 1.49. The van der Waals surface area contributed by atoms with Gasteiger partial charge in [-0.25, -0.2) is 24.4 Å². The number of hydrogen-bond donors (Lipinski definition) is 2. The third-order valence-corrected chi connectivity index (χ3v) is 6.35. The Kier molecular flexibility index (Phi) is 6.59. The number of amides is 1. The quantitative estimate of drug-likeness (QED) is 0.416. The largest absolute Gasteiger partial charge is 0.444 e. The summed E-state index contributed by atoms with van der Waals surface area (Å²) in [5.41, 5.74) is 10.1. The molecular weight excluding hydrogens is 480 g/mol. The lowest BCUT2D eigenvalue weighted by Gasteiger charge is -2.35. The maximum absolute atomic E-state index is 12.3. The number of carbonyl (C=O) groups is 1. The average Bonchev–Trinajstić information content (AvgIpc) is 3.27. The number of fused-ring (bicyclic) bond motifs is 1. The van der Waals surface area contributed by atoms with Gasteiger partial charge in [0, 0.05) is 30.9 Å². The summed E-state index contributed by atoms with van der Waals surface area (Å²) in [4.78, 5) is 26.4. The summed E-state index contributed by atoms with van der Waals surface area (Å²) in [5, 5.41) is 14.3. The topological polar surface area (TPSA) is 135 Å². The van der Waals surface area contributed by atoms with E-state index >= 15 is 0 Å². The predicted octanol–water partition coefficient (Wildman–Crippen LogP) is 4.24. The van der Waals surface area contributed by atoms with Gasteiger partial charge in [0.1, 0.15) is 16.9 Å². The smallest absolute Gasteiger partial charge is 0.407 e. The SMILES string of the molecule is CC(C)(C)OC(=O)NC1CCN(n2c(-c3cccnc3N)nc3ccc(-c4ccc(C#N)cc4)nc32)CC1. The fraction of sp³-hybridized carbons (Fsp3) is 0.321. The van der Waals surface area contributed by atoms with Gasteiger partial charge in [0.05, 0.1) is 22.9 Å². The van der Waals surface area contributed by atoms with Crippen molar-refractivity contribution in [1.82, 2.24) is 24.9 Å². The number of aromatic nitrogens is 4. The van der Waals surface area contributed by atoms with Gasteiger partial charge in [0.2, 0.25) is 0 Å². The van der Waals surface area contributed by atoms with Gasteiger partial charge in [0.15, 0.2) is 11.5 Å². The minimum Gasteiger partial charge on any atom is -0.444 e. The van der Waals surface area contributed by atoms with E-state index < -0.39 is 11.7 Å². The summed E-state index contributed by atoms with van der Waals surface area (Å²) >= 11 is 0. The van der Waals surface area contributed by atoms with Crippen LogP contribution < -0.4 is 16.1 Å². The zero-order valence-electron chi connectivity index (χ0n) is 21.7. The number of nitrogens with one attached hydrogen (secondary N) is 1. The van der Waals surface area contributed by atoms with Crippen LogP contribution in [0.4, 0.5) is 10.6 Å². The van der Waals surface area contributed by atoms with E-state index in [2.05, 4.69) is 21.4 Å². The molecule has 38 heavy (non-hydrogen) atoms.